The van der Waals surface area contributed by atoms with E-state index in [1.165, 1.54) is 9.91 Å². The molecule has 0 radical (unpaired) electrons. The Morgan fingerprint density at radius 3 is 2.68 bits per heavy atom. The van der Waals surface area contributed by atoms with E-state index >= 15 is 0 Å². The lowest BCUT2D eigenvalue weighted by Gasteiger charge is -2.25. The molecule has 132 valence electrons. The molecule has 0 saturated carbocycles. The standard InChI is InChI=1S/C17H20N4O4/c1-11-15(22)18-8-5-9-20(11)16(23)13-10-14(17(24)25)21(19-13)12-6-3-2-4-7-12/h2-4,6-7,11,14H,5,8-10H2,1H3,(H,18,22)(H,24,25). The van der Waals surface area contributed by atoms with Crippen molar-refractivity contribution in [1.82, 2.24) is 10.2 Å². The molecule has 0 bridgehead atoms. The lowest BCUT2D eigenvalue weighted by molar-refractivity contribution is -0.138. The van der Waals surface area contributed by atoms with E-state index in [0.29, 0.717) is 25.2 Å². The van der Waals surface area contributed by atoms with Gasteiger partial charge in [0.2, 0.25) is 5.91 Å². The van der Waals surface area contributed by atoms with Crippen LogP contribution in [0.2, 0.25) is 0 Å². The van der Waals surface area contributed by atoms with Crippen LogP contribution >= 0.6 is 0 Å². The van der Waals surface area contributed by atoms with E-state index in [1.807, 2.05) is 6.07 Å². The lowest BCUT2D eigenvalue weighted by Crippen LogP contribution is -2.47. The SMILES string of the molecule is CC1C(=O)NCCCN1C(=O)C1=NN(c2ccccc2)C(C(=O)O)C1. The number of amides is 2. The highest BCUT2D eigenvalue weighted by atomic mass is 16.4. The molecular formula is C17H20N4O4. The molecule has 0 spiro atoms. The molecule has 2 N–H and O–H groups in total. The van der Waals surface area contributed by atoms with Crippen LogP contribution in [0.1, 0.15) is 19.8 Å². The van der Waals surface area contributed by atoms with E-state index in [0.717, 1.165) is 0 Å². The molecule has 2 atom stereocenters. The molecule has 2 aliphatic heterocycles. The van der Waals surface area contributed by atoms with Crippen molar-refractivity contribution >= 4 is 29.2 Å². The fourth-order valence-electron chi connectivity index (χ4n) is 3.04. The van der Waals surface area contributed by atoms with Crippen molar-refractivity contribution in [2.45, 2.75) is 31.8 Å². The molecule has 1 aromatic carbocycles. The van der Waals surface area contributed by atoms with Gasteiger partial charge in [0.05, 0.1) is 5.69 Å². The van der Waals surface area contributed by atoms with E-state index in [-0.39, 0.29) is 23.9 Å². The number of carbonyl (C=O) groups is 3. The lowest BCUT2D eigenvalue weighted by atomic mass is 10.1. The van der Waals surface area contributed by atoms with Gasteiger partial charge in [0.15, 0.2) is 6.04 Å². The van der Waals surface area contributed by atoms with Gasteiger partial charge in [-0.2, -0.15) is 5.10 Å². The van der Waals surface area contributed by atoms with Gasteiger partial charge in [-0.15, -0.1) is 0 Å². The second-order valence-corrected chi connectivity index (χ2v) is 6.10. The number of nitrogens with zero attached hydrogens (tertiary/aromatic N) is 3. The Morgan fingerprint density at radius 2 is 2.00 bits per heavy atom. The minimum atomic E-state index is -1.04. The molecule has 8 nitrogen and oxygen atoms in total. The summed E-state index contributed by atoms with van der Waals surface area (Å²) < 4.78 is 0. The number of benzene rings is 1. The number of para-hydroxylation sites is 1. The van der Waals surface area contributed by atoms with Crippen molar-refractivity contribution in [1.29, 1.82) is 0 Å². The van der Waals surface area contributed by atoms with Crippen molar-refractivity contribution < 1.29 is 19.5 Å². The number of carboxylic acid groups (broad SMARTS) is 1. The average molecular weight is 344 g/mol. The van der Waals surface area contributed by atoms with E-state index in [4.69, 9.17) is 0 Å². The van der Waals surface area contributed by atoms with Crippen LogP contribution in [0.25, 0.3) is 0 Å². The summed E-state index contributed by atoms with van der Waals surface area (Å²) in [6, 6.07) is 7.34. The van der Waals surface area contributed by atoms with Gasteiger partial charge in [-0.1, -0.05) is 18.2 Å². The molecule has 0 aliphatic carbocycles. The second-order valence-electron chi connectivity index (χ2n) is 6.10. The number of aliphatic carboxylic acids is 1. The molecule has 0 aromatic heterocycles. The molecule has 1 saturated heterocycles. The molecule has 2 unspecified atom stereocenters. The van der Waals surface area contributed by atoms with Gasteiger partial charge in [-0.3, -0.25) is 14.6 Å². The van der Waals surface area contributed by atoms with Crippen LogP contribution in [0.4, 0.5) is 5.69 Å². The summed E-state index contributed by atoms with van der Waals surface area (Å²) >= 11 is 0. The van der Waals surface area contributed by atoms with Crippen molar-refractivity contribution in [3.63, 3.8) is 0 Å². The zero-order chi connectivity index (χ0) is 18.0. The highest BCUT2D eigenvalue weighted by Gasteiger charge is 2.39. The Labute approximate surface area is 145 Å². The maximum atomic E-state index is 12.8. The fourth-order valence-corrected chi connectivity index (χ4v) is 3.04. The van der Waals surface area contributed by atoms with Crippen LogP contribution in [-0.4, -0.2) is 58.7 Å². The number of carboxylic acids is 1. The number of hydrogen-bond donors (Lipinski definition) is 2. The summed E-state index contributed by atoms with van der Waals surface area (Å²) in [4.78, 5) is 37.9. The van der Waals surface area contributed by atoms with E-state index in [2.05, 4.69) is 10.4 Å². The van der Waals surface area contributed by atoms with Crippen LogP contribution in [0.15, 0.2) is 35.4 Å². The number of anilines is 1. The van der Waals surface area contributed by atoms with Gasteiger partial charge in [-0.05, 0) is 25.5 Å². The zero-order valence-corrected chi connectivity index (χ0v) is 13.9. The first-order valence-electron chi connectivity index (χ1n) is 8.22. The molecule has 2 amide bonds. The summed E-state index contributed by atoms with van der Waals surface area (Å²) in [5.74, 6) is -1.63. The van der Waals surface area contributed by atoms with Crippen molar-refractivity contribution in [3.8, 4) is 0 Å². The third-order valence-corrected chi connectivity index (χ3v) is 4.45. The number of hydrogen-bond acceptors (Lipinski definition) is 5. The summed E-state index contributed by atoms with van der Waals surface area (Å²) in [5, 5.41) is 17.9. The first-order valence-corrected chi connectivity index (χ1v) is 8.22. The first-order chi connectivity index (χ1) is 12.0. The van der Waals surface area contributed by atoms with Crippen LogP contribution in [0.3, 0.4) is 0 Å². The van der Waals surface area contributed by atoms with E-state index < -0.39 is 18.1 Å². The minimum absolute atomic E-state index is 0.00784. The second kappa shape index (κ2) is 6.92. The Morgan fingerprint density at radius 1 is 1.28 bits per heavy atom. The summed E-state index contributed by atoms with van der Waals surface area (Å²) in [6.45, 7) is 2.62. The van der Waals surface area contributed by atoms with Crippen molar-refractivity contribution in [2.24, 2.45) is 5.10 Å². The predicted octanol–water partition coefficient (Wildman–Crippen LogP) is 0.443. The van der Waals surface area contributed by atoms with Gasteiger partial charge in [0.25, 0.3) is 5.91 Å². The van der Waals surface area contributed by atoms with Crippen molar-refractivity contribution in [2.75, 3.05) is 18.1 Å². The van der Waals surface area contributed by atoms with Crippen LogP contribution < -0.4 is 10.3 Å². The monoisotopic (exact) mass is 344 g/mol. The quantitative estimate of drug-likeness (QED) is 0.828. The van der Waals surface area contributed by atoms with Gasteiger partial charge < -0.3 is 15.3 Å². The maximum Gasteiger partial charge on any atom is 0.328 e. The molecule has 3 rings (SSSR count). The Hall–Kier alpha value is -2.90. The largest absolute Gasteiger partial charge is 0.480 e. The molecule has 2 aliphatic rings. The number of rotatable bonds is 3. The highest BCUT2D eigenvalue weighted by molar-refractivity contribution is 6.40. The van der Waals surface area contributed by atoms with E-state index in [1.54, 1.807) is 31.2 Å². The first kappa shape index (κ1) is 16.9. The highest BCUT2D eigenvalue weighted by Crippen LogP contribution is 2.25. The third kappa shape index (κ3) is 3.33. The van der Waals surface area contributed by atoms with Gasteiger partial charge in [0, 0.05) is 19.5 Å². The minimum Gasteiger partial charge on any atom is -0.480 e. The topological polar surface area (TPSA) is 102 Å². The molecule has 1 fully saturated rings. The fraction of sp³-hybridized carbons (Fsp3) is 0.412. The van der Waals surface area contributed by atoms with Crippen molar-refractivity contribution in [3.05, 3.63) is 30.3 Å². The van der Waals surface area contributed by atoms with Gasteiger partial charge in [0.1, 0.15) is 11.8 Å². The number of hydrazone groups is 1. The smallest absolute Gasteiger partial charge is 0.328 e. The Balaban J connectivity index is 1.87. The molecule has 1 aromatic rings. The Kier molecular flexibility index (Phi) is 4.69. The van der Waals surface area contributed by atoms with E-state index in [9.17, 15) is 19.5 Å². The maximum absolute atomic E-state index is 12.8. The summed E-state index contributed by atoms with van der Waals surface area (Å²) in [7, 11) is 0. The molecular weight excluding hydrogens is 324 g/mol. The molecule has 8 heteroatoms. The zero-order valence-electron chi connectivity index (χ0n) is 13.9. The summed E-state index contributed by atoms with van der Waals surface area (Å²) in [5.41, 5.74) is 0.775. The predicted molar refractivity (Wildman–Crippen MR) is 91.2 cm³/mol. The summed E-state index contributed by atoms with van der Waals surface area (Å²) in [6.07, 6.45) is 0.660. The average Bonchev–Trinajstić information content (AvgIpc) is 3.00. The molecule has 2 heterocycles. The number of nitrogens with one attached hydrogen (secondary N) is 1. The van der Waals surface area contributed by atoms with Crippen LogP contribution in [0, 0.1) is 0 Å². The Bertz CT molecular complexity index is 719. The number of carbonyl (C=O) groups excluding carboxylic acids is 2. The van der Waals surface area contributed by atoms with Gasteiger partial charge in [-0.25, -0.2) is 4.79 Å². The molecule has 25 heavy (non-hydrogen) atoms. The normalized spacial score (nSPS) is 23.7. The van der Waals surface area contributed by atoms with Crippen LogP contribution in [-0.2, 0) is 14.4 Å². The third-order valence-electron chi connectivity index (χ3n) is 4.45. The van der Waals surface area contributed by atoms with Gasteiger partial charge >= 0.3 is 5.97 Å². The van der Waals surface area contributed by atoms with Crippen LogP contribution in [0.5, 0.6) is 0 Å².